The van der Waals surface area contributed by atoms with Crippen LogP contribution in [0.4, 0.5) is 5.13 Å². The number of nitrogens with zero attached hydrogens (tertiary/aromatic N) is 3. The SMILES string of the molecule is COCCc1nsc(N2CCCCC(SC)C2)n1. The first kappa shape index (κ1) is 14.1. The van der Waals surface area contributed by atoms with Crippen LogP contribution in [0.2, 0.25) is 0 Å². The number of thioether (sulfide) groups is 1. The first-order valence-electron chi connectivity index (χ1n) is 6.42. The third-order valence-corrected chi connectivity index (χ3v) is 5.09. The Bertz CT molecular complexity index is 359. The van der Waals surface area contributed by atoms with Gasteiger partial charge in [0.15, 0.2) is 0 Å². The van der Waals surface area contributed by atoms with Gasteiger partial charge in [-0.2, -0.15) is 16.1 Å². The third kappa shape index (κ3) is 3.83. The molecule has 0 radical (unpaired) electrons. The standard InChI is InChI=1S/C12H21N3OS2/c1-16-8-6-11-13-12(18-14-11)15-7-4-3-5-10(9-15)17-2/h10H,3-9H2,1-2H3. The second-order valence-corrected chi connectivity index (χ2v) is 6.40. The van der Waals surface area contributed by atoms with Crippen LogP contribution in [0.1, 0.15) is 25.1 Å². The average molecular weight is 287 g/mol. The number of aromatic nitrogens is 2. The highest BCUT2D eigenvalue weighted by Gasteiger charge is 2.20. The zero-order valence-electron chi connectivity index (χ0n) is 11.1. The van der Waals surface area contributed by atoms with Crippen molar-refractivity contribution in [2.24, 2.45) is 0 Å². The highest BCUT2D eigenvalue weighted by molar-refractivity contribution is 7.99. The van der Waals surface area contributed by atoms with Crippen molar-refractivity contribution in [3.05, 3.63) is 5.82 Å². The summed E-state index contributed by atoms with van der Waals surface area (Å²) in [6.07, 6.45) is 6.94. The fraction of sp³-hybridized carbons (Fsp3) is 0.833. The van der Waals surface area contributed by atoms with Crippen LogP contribution in [-0.2, 0) is 11.2 Å². The number of anilines is 1. The van der Waals surface area contributed by atoms with E-state index in [0.717, 1.165) is 35.7 Å². The molecule has 1 saturated heterocycles. The lowest BCUT2D eigenvalue weighted by Crippen LogP contribution is -2.29. The van der Waals surface area contributed by atoms with E-state index < -0.39 is 0 Å². The highest BCUT2D eigenvalue weighted by Crippen LogP contribution is 2.25. The molecule has 0 spiro atoms. The molecule has 0 N–H and O–H groups in total. The number of hydrogen-bond acceptors (Lipinski definition) is 6. The Hall–Kier alpha value is -0.330. The molecule has 1 aliphatic rings. The summed E-state index contributed by atoms with van der Waals surface area (Å²) in [6, 6.07) is 0. The lowest BCUT2D eigenvalue weighted by atomic mass is 10.2. The van der Waals surface area contributed by atoms with Crippen molar-refractivity contribution in [1.29, 1.82) is 0 Å². The van der Waals surface area contributed by atoms with Crippen LogP contribution in [0.3, 0.4) is 0 Å². The molecule has 0 aliphatic carbocycles. The number of rotatable bonds is 5. The van der Waals surface area contributed by atoms with E-state index in [1.807, 2.05) is 11.8 Å². The van der Waals surface area contributed by atoms with E-state index in [0.29, 0.717) is 6.61 Å². The van der Waals surface area contributed by atoms with Gasteiger partial charge in [0.25, 0.3) is 0 Å². The summed E-state index contributed by atoms with van der Waals surface area (Å²) in [5.74, 6) is 0.918. The summed E-state index contributed by atoms with van der Waals surface area (Å²) in [5.41, 5.74) is 0. The Morgan fingerprint density at radius 2 is 2.39 bits per heavy atom. The van der Waals surface area contributed by atoms with Crippen LogP contribution in [0.25, 0.3) is 0 Å². The molecule has 1 unspecified atom stereocenters. The monoisotopic (exact) mass is 287 g/mol. The van der Waals surface area contributed by atoms with Crippen molar-refractivity contribution in [3.63, 3.8) is 0 Å². The Morgan fingerprint density at radius 1 is 1.50 bits per heavy atom. The first-order valence-corrected chi connectivity index (χ1v) is 8.49. The molecule has 4 nitrogen and oxygen atoms in total. The van der Waals surface area contributed by atoms with E-state index in [4.69, 9.17) is 4.74 Å². The second kappa shape index (κ2) is 7.31. The van der Waals surface area contributed by atoms with Crippen molar-refractivity contribution in [1.82, 2.24) is 9.36 Å². The van der Waals surface area contributed by atoms with Gasteiger partial charge >= 0.3 is 0 Å². The van der Waals surface area contributed by atoms with E-state index in [1.54, 1.807) is 7.11 Å². The number of hydrogen-bond donors (Lipinski definition) is 0. The van der Waals surface area contributed by atoms with Crippen LogP contribution < -0.4 is 4.90 Å². The predicted molar refractivity (Wildman–Crippen MR) is 78.9 cm³/mol. The molecule has 2 rings (SSSR count). The quantitative estimate of drug-likeness (QED) is 0.831. The minimum atomic E-state index is 0.698. The Kier molecular flexibility index (Phi) is 5.72. The Balaban J connectivity index is 1.98. The molecule has 1 aromatic rings. The van der Waals surface area contributed by atoms with Crippen molar-refractivity contribution < 1.29 is 4.74 Å². The molecule has 0 saturated carbocycles. The largest absolute Gasteiger partial charge is 0.384 e. The third-order valence-electron chi connectivity index (χ3n) is 3.22. The Morgan fingerprint density at radius 3 is 3.17 bits per heavy atom. The van der Waals surface area contributed by atoms with Gasteiger partial charge in [-0.05, 0) is 19.1 Å². The van der Waals surface area contributed by atoms with E-state index in [1.165, 1.54) is 30.8 Å². The summed E-state index contributed by atoms with van der Waals surface area (Å²) < 4.78 is 9.48. The van der Waals surface area contributed by atoms with Crippen LogP contribution in [0.5, 0.6) is 0 Å². The fourth-order valence-electron chi connectivity index (χ4n) is 2.14. The molecule has 0 aromatic carbocycles. The first-order chi connectivity index (χ1) is 8.83. The van der Waals surface area contributed by atoms with E-state index in [-0.39, 0.29) is 0 Å². The van der Waals surface area contributed by atoms with Gasteiger partial charge in [-0.15, -0.1) is 0 Å². The molecule has 0 amide bonds. The maximum Gasteiger partial charge on any atom is 0.205 e. The molecule has 0 bridgehead atoms. The average Bonchev–Trinajstić information content (AvgIpc) is 2.73. The van der Waals surface area contributed by atoms with Crippen molar-refractivity contribution in [2.75, 3.05) is 38.0 Å². The van der Waals surface area contributed by atoms with Crippen molar-refractivity contribution >= 4 is 28.4 Å². The van der Waals surface area contributed by atoms with Crippen LogP contribution in [0.15, 0.2) is 0 Å². The van der Waals surface area contributed by atoms with Gasteiger partial charge in [0.05, 0.1) is 6.61 Å². The lowest BCUT2D eigenvalue weighted by Gasteiger charge is -2.22. The molecular formula is C12H21N3OS2. The van der Waals surface area contributed by atoms with Gasteiger partial charge in [0.2, 0.25) is 5.13 Å². The van der Waals surface area contributed by atoms with Crippen molar-refractivity contribution in [2.45, 2.75) is 30.9 Å². The van der Waals surface area contributed by atoms with Gasteiger partial charge in [-0.3, -0.25) is 0 Å². The molecule has 6 heteroatoms. The zero-order valence-corrected chi connectivity index (χ0v) is 12.7. The van der Waals surface area contributed by atoms with Crippen LogP contribution in [-0.4, -0.2) is 47.7 Å². The molecule has 1 aromatic heterocycles. The summed E-state index contributed by atoms with van der Waals surface area (Å²) in [4.78, 5) is 7.03. The fourth-order valence-corrected chi connectivity index (χ4v) is 3.62. The smallest absolute Gasteiger partial charge is 0.205 e. The summed E-state index contributed by atoms with van der Waals surface area (Å²) in [6.45, 7) is 2.93. The molecular weight excluding hydrogens is 266 g/mol. The van der Waals surface area contributed by atoms with E-state index in [2.05, 4.69) is 20.5 Å². The second-order valence-electron chi connectivity index (χ2n) is 4.54. The highest BCUT2D eigenvalue weighted by atomic mass is 32.2. The minimum Gasteiger partial charge on any atom is -0.384 e. The molecule has 102 valence electrons. The van der Waals surface area contributed by atoms with Gasteiger partial charge in [0, 0.05) is 43.4 Å². The zero-order chi connectivity index (χ0) is 12.8. The predicted octanol–water partition coefficient (Wildman–Crippen LogP) is 2.45. The maximum absolute atomic E-state index is 5.06. The van der Waals surface area contributed by atoms with Crippen LogP contribution in [0, 0.1) is 0 Å². The molecule has 1 atom stereocenters. The summed E-state index contributed by atoms with van der Waals surface area (Å²) in [5, 5.41) is 1.82. The maximum atomic E-state index is 5.06. The molecule has 1 fully saturated rings. The van der Waals surface area contributed by atoms with Gasteiger partial charge < -0.3 is 9.64 Å². The number of methoxy groups -OCH3 is 1. The van der Waals surface area contributed by atoms with Gasteiger partial charge in [0.1, 0.15) is 5.82 Å². The Labute approximate surface area is 117 Å². The minimum absolute atomic E-state index is 0.698. The summed E-state index contributed by atoms with van der Waals surface area (Å²) in [7, 11) is 1.71. The number of ether oxygens (including phenoxy) is 1. The van der Waals surface area contributed by atoms with Gasteiger partial charge in [-0.1, -0.05) is 6.42 Å². The van der Waals surface area contributed by atoms with Gasteiger partial charge in [-0.25, -0.2) is 4.98 Å². The molecule has 1 aliphatic heterocycles. The van der Waals surface area contributed by atoms with Crippen molar-refractivity contribution in [3.8, 4) is 0 Å². The molecule has 18 heavy (non-hydrogen) atoms. The lowest BCUT2D eigenvalue weighted by molar-refractivity contribution is 0.201. The molecule has 2 heterocycles. The van der Waals surface area contributed by atoms with E-state index >= 15 is 0 Å². The topological polar surface area (TPSA) is 38.2 Å². The van der Waals surface area contributed by atoms with E-state index in [9.17, 15) is 0 Å². The van der Waals surface area contributed by atoms with Crippen LogP contribution >= 0.6 is 23.3 Å². The normalized spacial score (nSPS) is 21.0. The summed E-state index contributed by atoms with van der Waals surface area (Å²) >= 11 is 3.50.